The molecule has 1 aromatic carbocycles. The smallest absolute Gasteiger partial charge is 0.353 e. The van der Waals surface area contributed by atoms with Crippen molar-refractivity contribution < 1.29 is 9.53 Å². The van der Waals surface area contributed by atoms with E-state index in [4.69, 9.17) is 9.72 Å². The lowest BCUT2D eigenvalue weighted by atomic mass is 9.82. The molecule has 0 bridgehead atoms. The molecule has 1 N–H and O–H groups in total. The van der Waals surface area contributed by atoms with E-state index < -0.39 is 0 Å². The zero-order chi connectivity index (χ0) is 23.8. The number of benzene rings is 1. The molecule has 0 radical (unpaired) electrons. The molecule has 3 aromatic heterocycles. The second-order valence-electron chi connectivity index (χ2n) is 10.4. The number of imidazole rings is 1. The largest absolute Gasteiger partial charge is 0.422 e. The van der Waals surface area contributed by atoms with Crippen molar-refractivity contribution in [3.05, 3.63) is 70.5 Å². The van der Waals surface area contributed by atoms with Crippen LogP contribution in [0.15, 0.2) is 60.1 Å². The van der Waals surface area contributed by atoms with Gasteiger partial charge in [0.2, 0.25) is 0 Å². The minimum atomic E-state index is -0.350. The number of aromatic nitrogens is 2. The molecular formula is C27H31N3O2S. The van der Waals surface area contributed by atoms with Crippen molar-refractivity contribution in [1.29, 1.82) is 0 Å². The van der Waals surface area contributed by atoms with Crippen LogP contribution in [0.3, 0.4) is 0 Å². The second-order valence-corrected chi connectivity index (χ2v) is 11.3. The van der Waals surface area contributed by atoms with Gasteiger partial charge in [0.15, 0.2) is 0 Å². The van der Waals surface area contributed by atoms with Gasteiger partial charge in [0.1, 0.15) is 27.8 Å². The Balaban J connectivity index is 1.74. The summed E-state index contributed by atoms with van der Waals surface area (Å²) >= 11 is 1.37. The molecule has 4 aromatic rings. The molecule has 172 valence electrons. The van der Waals surface area contributed by atoms with Crippen LogP contribution in [0.4, 0.5) is 5.82 Å². The molecule has 0 unspecified atom stereocenters. The summed E-state index contributed by atoms with van der Waals surface area (Å²) in [5.74, 6) is 1.08. The van der Waals surface area contributed by atoms with Gasteiger partial charge in [-0.05, 0) is 73.9 Å². The van der Waals surface area contributed by atoms with E-state index in [-0.39, 0.29) is 16.9 Å². The Kier molecular flexibility index (Phi) is 6.06. The fourth-order valence-corrected chi connectivity index (χ4v) is 5.02. The molecule has 0 aliphatic carbocycles. The highest BCUT2D eigenvalue weighted by Crippen LogP contribution is 2.36. The van der Waals surface area contributed by atoms with Crippen LogP contribution < -0.4 is 10.1 Å². The van der Waals surface area contributed by atoms with Gasteiger partial charge < -0.3 is 10.1 Å². The molecule has 0 atom stereocenters. The first-order chi connectivity index (χ1) is 15.5. The molecule has 4 rings (SSSR count). The Morgan fingerprint density at radius 2 is 1.88 bits per heavy atom. The number of fused-ring (bicyclic) bond motifs is 1. The van der Waals surface area contributed by atoms with Crippen LogP contribution in [0.1, 0.15) is 56.3 Å². The number of pyridine rings is 1. The minimum absolute atomic E-state index is 0.156. The van der Waals surface area contributed by atoms with Gasteiger partial charge in [-0.2, -0.15) is 0 Å². The first-order valence-corrected chi connectivity index (χ1v) is 12.0. The van der Waals surface area contributed by atoms with E-state index in [0.717, 1.165) is 34.7 Å². The first kappa shape index (κ1) is 23.1. The van der Waals surface area contributed by atoms with E-state index in [1.165, 1.54) is 11.3 Å². The summed E-state index contributed by atoms with van der Waals surface area (Å²) in [6, 6.07) is 15.3. The lowest BCUT2D eigenvalue weighted by Crippen LogP contribution is -2.36. The Hall–Kier alpha value is -3.12. The molecule has 0 aliphatic rings. The average Bonchev–Trinajstić information content (AvgIpc) is 3.34. The van der Waals surface area contributed by atoms with Crippen LogP contribution in [0.2, 0.25) is 0 Å². The van der Waals surface area contributed by atoms with Crippen molar-refractivity contribution in [1.82, 2.24) is 9.38 Å². The summed E-state index contributed by atoms with van der Waals surface area (Å²) in [6.07, 6.45) is 3.04. The van der Waals surface area contributed by atoms with E-state index in [2.05, 4.69) is 69.6 Å². The lowest BCUT2D eigenvalue weighted by molar-refractivity contribution is 0.0740. The van der Waals surface area contributed by atoms with Crippen molar-refractivity contribution in [3.63, 3.8) is 0 Å². The number of nitrogens with zero attached hydrogens (tertiary/aromatic N) is 2. The van der Waals surface area contributed by atoms with Gasteiger partial charge in [-0.3, -0.25) is 4.40 Å². The van der Waals surface area contributed by atoms with Gasteiger partial charge in [0, 0.05) is 17.3 Å². The summed E-state index contributed by atoms with van der Waals surface area (Å²) in [4.78, 5) is 18.0. The van der Waals surface area contributed by atoms with Crippen LogP contribution in [0.25, 0.3) is 16.9 Å². The number of esters is 1. The average molecular weight is 462 g/mol. The third-order valence-electron chi connectivity index (χ3n) is 5.25. The van der Waals surface area contributed by atoms with Gasteiger partial charge in [-0.1, -0.05) is 39.0 Å². The van der Waals surface area contributed by atoms with Crippen LogP contribution in [-0.4, -0.2) is 20.9 Å². The SMILES string of the molecule is Cc1ccn2c(NC(C)(C)CC(C)(C)C)c(-c3cccc(OC(=O)c4cccs4)c3)nc2c1. The van der Waals surface area contributed by atoms with E-state index in [1.54, 1.807) is 12.1 Å². The Labute approximate surface area is 199 Å². The van der Waals surface area contributed by atoms with E-state index in [1.807, 2.05) is 29.6 Å². The number of hydrogen-bond donors (Lipinski definition) is 1. The molecule has 0 saturated carbocycles. The van der Waals surface area contributed by atoms with Crippen molar-refractivity contribution in [2.75, 3.05) is 5.32 Å². The summed E-state index contributed by atoms with van der Waals surface area (Å²) < 4.78 is 7.73. The van der Waals surface area contributed by atoms with E-state index >= 15 is 0 Å². The first-order valence-electron chi connectivity index (χ1n) is 11.1. The van der Waals surface area contributed by atoms with Crippen LogP contribution in [0.5, 0.6) is 5.75 Å². The molecule has 0 aliphatic heterocycles. The van der Waals surface area contributed by atoms with Crippen LogP contribution in [0, 0.1) is 12.3 Å². The quantitative estimate of drug-likeness (QED) is 0.243. The van der Waals surface area contributed by atoms with E-state index in [9.17, 15) is 4.79 Å². The van der Waals surface area contributed by atoms with Gasteiger partial charge in [0.05, 0.1) is 0 Å². The van der Waals surface area contributed by atoms with Crippen LogP contribution in [-0.2, 0) is 0 Å². The second kappa shape index (κ2) is 8.67. The molecule has 33 heavy (non-hydrogen) atoms. The highest BCUT2D eigenvalue weighted by molar-refractivity contribution is 7.12. The predicted molar refractivity (Wildman–Crippen MR) is 136 cm³/mol. The van der Waals surface area contributed by atoms with Crippen LogP contribution >= 0.6 is 11.3 Å². The molecule has 0 spiro atoms. The summed E-state index contributed by atoms with van der Waals surface area (Å²) in [7, 11) is 0. The number of aryl methyl sites for hydroxylation is 1. The fraction of sp³-hybridized carbons (Fsp3) is 0.333. The third-order valence-corrected chi connectivity index (χ3v) is 6.10. The molecular weight excluding hydrogens is 430 g/mol. The molecule has 5 nitrogen and oxygen atoms in total. The number of ether oxygens (including phenoxy) is 1. The van der Waals surface area contributed by atoms with Gasteiger partial charge in [0.25, 0.3) is 0 Å². The Morgan fingerprint density at radius 3 is 2.58 bits per heavy atom. The topological polar surface area (TPSA) is 55.6 Å². The van der Waals surface area contributed by atoms with E-state index in [0.29, 0.717) is 10.6 Å². The highest BCUT2D eigenvalue weighted by atomic mass is 32.1. The number of nitrogens with one attached hydrogen (secondary N) is 1. The summed E-state index contributed by atoms with van der Waals surface area (Å²) in [6.45, 7) is 13.3. The maximum Gasteiger partial charge on any atom is 0.353 e. The van der Waals surface area contributed by atoms with Crippen molar-refractivity contribution in [2.24, 2.45) is 5.41 Å². The minimum Gasteiger partial charge on any atom is -0.422 e. The normalized spacial score (nSPS) is 12.2. The van der Waals surface area contributed by atoms with Crippen molar-refractivity contribution in [2.45, 2.75) is 53.5 Å². The Bertz CT molecular complexity index is 1280. The van der Waals surface area contributed by atoms with Gasteiger partial charge >= 0.3 is 5.97 Å². The monoisotopic (exact) mass is 461 g/mol. The van der Waals surface area contributed by atoms with Gasteiger partial charge in [-0.15, -0.1) is 11.3 Å². The standard InChI is InChI=1S/C27H31N3O2S/c1-18-12-13-30-22(15-18)28-23(24(30)29-27(5,6)17-26(2,3)4)19-9-7-10-20(16-19)32-25(31)21-11-8-14-33-21/h7-16,29H,17H2,1-6H3. The summed E-state index contributed by atoms with van der Waals surface area (Å²) in [5.41, 5.74) is 3.76. The lowest BCUT2D eigenvalue weighted by Gasteiger charge is -2.34. The van der Waals surface area contributed by atoms with Crippen molar-refractivity contribution in [3.8, 4) is 17.0 Å². The Morgan fingerprint density at radius 1 is 1.09 bits per heavy atom. The number of anilines is 1. The molecule has 0 amide bonds. The molecule has 0 saturated heterocycles. The molecule has 3 heterocycles. The van der Waals surface area contributed by atoms with Crippen molar-refractivity contribution >= 4 is 28.8 Å². The zero-order valence-corrected chi connectivity index (χ0v) is 20.9. The highest BCUT2D eigenvalue weighted by Gasteiger charge is 2.28. The molecule has 6 heteroatoms. The number of rotatable bonds is 6. The predicted octanol–water partition coefficient (Wildman–Crippen LogP) is 7.22. The summed E-state index contributed by atoms with van der Waals surface area (Å²) in [5, 5.41) is 5.63. The molecule has 0 fully saturated rings. The number of hydrogen-bond acceptors (Lipinski definition) is 5. The fourth-order valence-electron chi connectivity index (χ4n) is 4.42. The third kappa shape index (κ3) is 5.45. The maximum absolute atomic E-state index is 12.4. The van der Waals surface area contributed by atoms with Gasteiger partial charge in [-0.25, -0.2) is 9.78 Å². The number of thiophene rings is 1. The zero-order valence-electron chi connectivity index (χ0n) is 20.1. The number of carbonyl (C=O) groups excluding carboxylic acids is 1. The number of carbonyl (C=O) groups is 1. The maximum atomic E-state index is 12.4.